The van der Waals surface area contributed by atoms with Gasteiger partial charge in [0.2, 0.25) is 10.0 Å². The Labute approximate surface area is 233 Å². The maximum absolute atomic E-state index is 13.3. The van der Waals surface area contributed by atoms with Gasteiger partial charge < -0.3 is 15.0 Å². The van der Waals surface area contributed by atoms with E-state index in [9.17, 15) is 22.4 Å². The number of nitrogens with zero attached hydrogens (tertiary/aromatic N) is 2. The van der Waals surface area contributed by atoms with Crippen molar-refractivity contribution in [2.45, 2.75) is 4.90 Å². The zero-order valence-electron chi connectivity index (χ0n) is 19.7. The average molecular weight is 601 g/mol. The lowest BCUT2D eigenvalue weighted by Crippen LogP contribution is -2.48. The van der Waals surface area contributed by atoms with E-state index in [0.717, 1.165) is 11.8 Å². The van der Waals surface area contributed by atoms with Crippen LogP contribution in [0.1, 0.15) is 10.4 Å². The van der Waals surface area contributed by atoms with Gasteiger partial charge in [-0.3, -0.25) is 4.79 Å². The summed E-state index contributed by atoms with van der Waals surface area (Å²) < 4.78 is 46.2. The van der Waals surface area contributed by atoms with Crippen LogP contribution >= 0.6 is 34.8 Å². The number of piperazine rings is 1. The first kappa shape index (κ1) is 28.1. The van der Waals surface area contributed by atoms with Crippen LogP contribution in [0.5, 0.6) is 0 Å². The van der Waals surface area contributed by atoms with Crippen molar-refractivity contribution in [2.75, 3.05) is 43.0 Å². The standard InChI is InChI=1S/C25H21Cl3FN3O5S/c26-17-2-8-20(27)22(14-17)30-24(33)15-37-25(34)16-1-7-21(28)23(13-16)38(35,36)32-11-9-31(10-12-32)19-5-3-18(29)4-6-19/h1-8,13-14H,9-12,15H2,(H,30,33). The molecule has 1 heterocycles. The molecular weight excluding hydrogens is 580 g/mol. The highest BCUT2D eigenvalue weighted by Crippen LogP contribution is 2.28. The minimum atomic E-state index is -4.04. The van der Waals surface area contributed by atoms with Gasteiger partial charge in [0.25, 0.3) is 5.91 Å². The van der Waals surface area contributed by atoms with Gasteiger partial charge in [-0.15, -0.1) is 0 Å². The van der Waals surface area contributed by atoms with Crippen molar-refractivity contribution in [2.24, 2.45) is 0 Å². The number of esters is 1. The van der Waals surface area contributed by atoms with Gasteiger partial charge in [-0.1, -0.05) is 34.8 Å². The molecule has 13 heteroatoms. The number of hydrogen-bond acceptors (Lipinski definition) is 6. The molecule has 0 radical (unpaired) electrons. The SMILES string of the molecule is O=C(COC(=O)c1ccc(Cl)c(S(=O)(=O)N2CCN(c3ccc(F)cc3)CC2)c1)Nc1cc(Cl)ccc1Cl. The minimum absolute atomic E-state index is 0.0594. The summed E-state index contributed by atoms with van der Waals surface area (Å²) in [5.41, 5.74) is 0.944. The molecule has 1 aliphatic heterocycles. The van der Waals surface area contributed by atoms with E-state index in [-0.39, 0.29) is 45.1 Å². The molecule has 0 bridgehead atoms. The Balaban J connectivity index is 1.40. The van der Waals surface area contributed by atoms with E-state index < -0.39 is 28.5 Å². The van der Waals surface area contributed by atoms with E-state index >= 15 is 0 Å². The Morgan fingerprint density at radius 1 is 0.895 bits per heavy atom. The smallest absolute Gasteiger partial charge is 0.338 e. The van der Waals surface area contributed by atoms with Gasteiger partial charge >= 0.3 is 5.97 Å². The van der Waals surface area contributed by atoms with Gasteiger partial charge in [0.15, 0.2) is 6.61 Å². The van der Waals surface area contributed by atoms with Crippen LogP contribution in [0.4, 0.5) is 15.8 Å². The van der Waals surface area contributed by atoms with Gasteiger partial charge in [-0.25, -0.2) is 17.6 Å². The van der Waals surface area contributed by atoms with E-state index in [2.05, 4.69) is 5.32 Å². The molecule has 3 aromatic rings. The monoisotopic (exact) mass is 599 g/mol. The number of ether oxygens (including phenoxy) is 1. The Bertz CT molecular complexity index is 1460. The molecule has 200 valence electrons. The quantitative estimate of drug-likeness (QED) is 0.380. The first-order valence-corrected chi connectivity index (χ1v) is 13.8. The van der Waals surface area contributed by atoms with Crippen LogP contribution in [0, 0.1) is 5.82 Å². The van der Waals surface area contributed by atoms with E-state index in [1.165, 1.54) is 40.7 Å². The number of rotatable bonds is 7. The van der Waals surface area contributed by atoms with Crippen LogP contribution in [-0.2, 0) is 19.6 Å². The zero-order valence-corrected chi connectivity index (χ0v) is 22.7. The number of halogens is 4. The van der Waals surface area contributed by atoms with Crippen molar-refractivity contribution in [3.8, 4) is 0 Å². The number of carbonyl (C=O) groups is 2. The second-order valence-corrected chi connectivity index (χ2v) is 11.4. The number of amides is 1. The Morgan fingerprint density at radius 3 is 2.24 bits per heavy atom. The first-order valence-electron chi connectivity index (χ1n) is 11.3. The molecule has 0 aliphatic carbocycles. The molecule has 1 fully saturated rings. The van der Waals surface area contributed by atoms with Gasteiger partial charge in [-0.2, -0.15) is 4.31 Å². The van der Waals surface area contributed by atoms with Crippen LogP contribution in [0.3, 0.4) is 0 Å². The molecule has 4 rings (SSSR count). The summed E-state index contributed by atoms with van der Waals surface area (Å²) >= 11 is 18.1. The molecule has 1 aliphatic rings. The maximum Gasteiger partial charge on any atom is 0.338 e. The van der Waals surface area contributed by atoms with Crippen molar-refractivity contribution in [1.82, 2.24) is 4.31 Å². The lowest BCUT2D eigenvalue weighted by Gasteiger charge is -2.35. The van der Waals surface area contributed by atoms with Crippen molar-refractivity contribution in [3.05, 3.63) is 87.1 Å². The van der Waals surface area contributed by atoms with Crippen molar-refractivity contribution in [3.63, 3.8) is 0 Å². The van der Waals surface area contributed by atoms with E-state index in [1.807, 2.05) is 4.90 Å². The topological polar surface area (TPSA) is 96.0 Å². The number of hydrogen-bond donors (Lipinski definition) is 1. The van der Waals surface area contributed by atoms with E-state index in [4.69, 9.17) is 39.5 Å². The highest BCUT2D eigenvalue weighted by molar-refractivity contribution is 7.89. The van der Waals surface area contributed by atoms with Gasteiger partial charge in [-0.05, 0) is 60.7 Å². The highest BCUT2D eigenvalue weighted by atomic mass is 35.5. The summed E-state index contributed by atoms with van der Waals surface area (Å²) in [6.45, 7) is 0.456. The summed E-state index contributed by atoms with van der Waals surface area (Å²) in [6, 6.07) is 14.2. The first-order chi connectivity index (χ1) is 18.0. The second kappa shape index (κ2) is 11.9. The summed E-state index contributed by atoms with van der Waals surface area (Å²) in [4.78, 5) is 26.5. The third-order valence-electron chi connectivity index (χ3n) is 5.75. The molecule has 1 saturated heterocycles. The molecule has 8 nitrogen and oxygen atoms in total. The summed E-state index contributed by atoms with van der Waals surface area (Å²) in [6.07, 6.45) is 0. The molecule has 38 heavy (non-hydrogen) atoms. The summed E-state index contributed by atoms with van der Waals surface area (Å²) in [7, 11) is -4.04. The second-order valence-electron chi connectivity index (χ2n) is 8.26. The highest BCUT2D eigenvalue weighted by Gasteiger charge is 2.31. The fraction of sp³-hybridized carbons (Fsp3) is 0.200. The minimum Gasteiger partial charge on any atom is -0.452 e. The van der Waals surface area contributed by atoms with E-state index in [0.29, 0.717) is 18.1 Å². The largest absolute Gasteiger partial charge is 0.452 e. The molecular formula is C25H21Cl3FN3O5S. The van der Waals surface area contributed by atoms with Crippen LogP contribution < -0.4 is 10.2 Å². The normalized spacial score (nSPS) is 14.3. The molecule has 0 saturated carbocycles. The number of benzene rings is 3. The molecule has 0 atom stereocenters. The van der Waals surface area contributed by atoms with Crippen molar-refractivity contribution in [1.29, 1.82) is 0 Å². The molecule has 0 aromatic heterocycles. The third-order valence-corrected chi connectivity index (χ3v) is 8.70. The van der Waals surface area contributed by atoms with Crippen molar-refractivity contribution >= 4 is 68.1 Å². The third kappa shape index (κ3) is 6.57. The fourth-order valence-corrected chi connectivity index (χ4v) is 6.06. The summed E-state index contributed by atoms with van der Waals surface area (Å²) in [5, 5.41) is 3.03. The Morgan fingerprint density at radius 2 is 1.55 bits per heavy atom. The van der Waals surface area contributed by atoms with E-state index in [1.54, 1.807) is 18.2 Å². The maximum atomic E-state index is 13.3. The molecule has 0 unspecified atom stereocenters. The van der Waals surface area contributed by atoms with Crippen LogP contribution in [0.25, 0.3) is 0 Å². The molecule has 0 spiro atoms. The predicted octanol–water partition coefficient (Wildman–Crippen LogP) is 5.09. The lowest BCUT2D eigenvalue weighted by atomic mass is 10.2. The van der Waals surface area contributed by atoms with Crippen LogP contribution in [-0.4, -0.2) is 57.4 Å². The lowest BCUT2D eigenvalue weighted by molar-refractivity contribution is -0.119. The van der Waals surface area contributed by atoms with Gasteiger partial charge in [0.05, 0.1) is 21.3 Å². The van der Waals surface area contributed by atoms with Gasteiger partial charge in [0.1, 0.15) is 10.7 Å². The van der Waals surface area contributed by atoms with Gasteiger partial charge in [0, 0.05) is 36.9 Å². The Hall–Kier alpha value is -2.89. The van der Waals surface area contributed by atoms with Crippen LogP contribution in [0.15, 0.2) is 65.6 Å². The number of anilines is 2. The number of nitrogens with one attached hydrogen (secondary N) is 1. The zero-order chi connectivity index (χ0) is 27.4. The number of sulfonamides is 1. The van der Waals surface area contributed by atoms with Crippen LogP contribution in [0.2, 0.25) is 15.1 Å². The molecule has 3 aromatic carbocycles. The number of carbonyl (C=O) groups excluding carboxylic acids is 2. The molecule has 1 N–H and O–H groups in total. The molecule has 1 amide bonds. The predicted molar refractivity (Wildman–Crippen MR) is 144 cm³/mol. The Kier molecular flexibility index (Phi) is 8.79. The van der Waals surface area contributed by atoms with Crippen molar-refractivity contribution < 1.29 is 27.1 Å². The average Bonchev–Trinajstić information content (AvgIpc) is 2.90. The summed E-state index contributed by atoms with van der Waals surface area (Å²) in [5.74, 6) is -1.93. The fourth-order valence-electron chi connectivity index (χ4n) is 3.80.